The van der Waals surface area contributed by atoms with Crippen LogP contribution in [0.3, 0.4) is 0 Å². The third-order valence-corrected chi connectivity index (χ3v) is 3.03. The Bertz CT molecular complexity index is 192. The zero-order chi connectivity index (χ0) is 9.52. The zero-order valence-electron chi connectivity index (χ0n) is 8.50. The van der Waals surface area contributed by atoms with Crippen molar-refractivity contribution in [2.24, 2.45) is 11.8 Å². The molecule has 0 aromatic heterocycles. The molecule has 0 spiro atoms. The minimum absolute atomic E-state index is 0.688. The molecular formula is C12H19N. The molecular weight excluding hydrogens is 158 g/mol. The summed E-state index contributed by atoms with van der Waals surface area (Å²) in [6, 6.07) is 2.07. The van der Waals surface area contributed by atoms with Gasteiger partial charge in [-0.15, -0.1) is 0 Å². The van der Waals surface area contributed by atoms with E-state index < -0.39 is 0 Å². The maximum atomic E-state index is 8.40. The van der Waals surface area contributed by atoms with Crippen molar-refractivity contribution in [2.75, 3.05) is 0 Å². The lowest BCUT2D eigenvalue weighted by atomic mass is 9.80. The maximum absolute atomic E-state index is 8.40. The van der Waals surface area contributed by atoms with E-state index in [2.05, 4.69) is 19.1 Å². The fraction of sp³-hybridized carbons (Fsp3) is 0.750. The Morgan fingerprint density at radius 1 is 1.31 bits per heavy atom. The molecule has 1 fully saturated rings. The molecule has 0 unspecified atom stereocenters. The Labute approximate surface area is 81.5 Å². The van der Waals surface area contributed by atoms with E-state index in [4.69, 9.17) is 5.26 Å². The SMILES string of the molecule is CCC[C@H]1CC[C@H](C=CC#N)CC1. The van der Waals surface area contributed by atoms with Gasteiger partial charge in [-0.3, -0.25) is 0 Å². The molecule has 0 amide bonds. The lowest BCUT2D eigenvalue weighted by Gasteiger charge is -2.26. The molecule has 1 aliphatic carbocycles. The highest BCUT2D eigenvalue weighted by molar-refractivity contribution is 5.04. The van der Waals surface area contributed by atoms with Crippen LogP contribution in [0.5, 0.6) is 0 Å². The van der Waals surface area contributed by atoms with E-state index >= 15 is 0 Å². The Morgan fingerprint density at radius 2 is 2.00 bits per heavy atom. The van der Waals surface area contributed by atoms with Crippen LogP contribution < -0.4 is 0 Å². The van der Waals surface area contributed by atoms with Crippen molar-refractivity contribution in [3.05, 3.63) is 12.2 Å². The number of nitriles is 1. The van der Waals surface area contributed by atoms with E-state index in [1.165, 1.54) is 38.5 Å². The standard InChI is InChI=1S/C12H19N/c1-2-4-11-6-8-12(9-7-11)5-3-10-13/h3,5,11-12H,2,4,6-9H2,1H3/t11-,12-. The first-order chi connectivity index (χ1) is 6.36. The highest BCUT2D eigenvalue weighted by Gasteiger charge is 2.18. The quantitative estimate of drug-likeness (QED) is 0.603. The van der Waals surface area contributed by atoms with Gasteiger partial charge < -0.3 is 0 Å². The molecule has 1 aliphatic rings. The van der Waals surface area contributed by atoms with E-state index in [-0.39, 0.29) is 0 Å². The number of nitrogens with zero attached hydrogens (tertiary/aromatic N) is 1. The van der Waals surface area contributed by atoms with Gasteiger partial charge >= 0.3 is 0 Å². The Balaban J connectivity index is 2.23. The van der Waals surface area contributed by atoms with Crippen LogP contribution in [-0.2, 0) is 0 Å². The van der Waals surface area contributed by atoms with Crippen molar-refractivity contribution in [1.82, 2.24) is 0 Å². The molecule has 72 valence electrons. The van der Waals surface area contributed by atoms with Crippen LogP contribution in [0.4, 0.5) is 0 Å². The van der Waals surface area contributed by atoms with Gasteiger partial charge in [-0.2, -0.15) is 5.26 Å². The van der Waals surface area contributed by atoms with Crippen molar-refractivity contribution in [1.29, 1.82) is 5.26 Å². The summed E-state index contributed by atoms with van der Waals surface area (Å²) in [6.45, 7) is 2.27. The lowest BCUT2D eigenvalue weighted by molar-refractivity contribution is 0.294. The summed E-state index contributed by atoms with van der Waals surface area (Å²) in [6.07, 6.45) is 11.8. The van der Waals surface area contributed by atoms with Gasteiger partial charge in [0.15, 0.2) is 0 Å². The number of rotatable bonds is 3. The Morgan fingerprint density at radius 3 is 2.54 bits per heavy atom. The van der Waals surface area contributed by atoms with Crippen LogP contribution in [0.1, 0.15) is 45.4 Å². The lowest BCUT2D eigenvalue weighted by Crippen LogP contribution is -2.12. The second-order valence-corrected chi connectivity index (χ2v) is 4.06. The predicted molar refractivity (Wildman–Crippen MR) is 55.1 cm³/mol. The van der Waals surface area contributed by atoms with Gasteiger partial charge in [0.1, 0.15) is 0 Å². The second-order valence-electron chi connectivity index (χ2n) is 4.06. The van der Waals surface area contributed by atoms with Crippen molar-refractivity contribution < 1.29 is 0 Å². The zero-order valence-corrected chi connectivity index (χ0v) is 8.50. The molecule has 13 heavy (non-hydrogen) atoms. The molecule has 1 rings (SSSR count). The monoisotopic (exact) mass is 177 g/mol. The number of hydrogen-bond acceptors (Lipinski definition) is 1. The summed E-state index contributed by atoms with van der Waals surface area (Å²) < 4.78 is 0. The third kappa shape index (κ3) is 3.63. The van der Waals surface area contributed by atoms with Gasteiger partial charge in [0.25, 0.3) is 0 Å². The van der Waals surface area contributed by atoms with Crippen LogP contribution in [0.2, 0.25) is 0 Å². The summed E-state index contributed by atoms with van der Waals surface area (Å²) in [5, 5.41) is 8.40. The van der Waals surface area contributed by atoms with Crippen molar-refractivity contribution in [3.8, 4) is 6.07 Å². The average Bonchev–Trinajstić information content (AvgIpc) is 2.17. The molecule has 0 N–H and O–H groups in total. The maximum Gasteiger partial charge on any atom is 0.0908 e. The normalized spacial score (nSPS) is 28.9. The van der Waals surface area contributed by atoms with Crippen molar-refractivity contribution in [2.45, 2.75) is 45.4 Å². The van der Waals surface area contributed by atoms with Gasteiger partial charge in [-0.25, -0.2) is 0 Å². The highest BCUT2D eigenvalue weighted by Crippen LogP contribution is 2.31. The van der Waals surface area contributed by atoms with Crippen molar-refractivity contribution >= 4 is 0 Å². The van der Waals surface area contributed by atoms with E-state index in [0.717, 1.165) is 5.92 Å². The highest BCUT2D eigenvalue weighted by atomic mass is 14.2. The van der Waals surface area contributed by atoms with Crippen LogP contribution in [0.15, 0.2) is 12.2 Å². The molecule has 1 heteroatoms. The van der Waals surface area contributed by atoms with E-state index in [1.54, 1.807) is 6.08 Å². The summed E-state index contributed by atoms with van der Waals surface area (Å²) in [5.74, 6) is 1.66. The topological polar surface area (TPSA) is 23.8 Å². The predicted octanol–water partition coefficient (Wildman–Crippen LogP) is 3.67. The molecule has 0 saturated heterocycles. The van der Waals surface area contributed by atoms with Crippen molar-refractivity contribution in [3.63, 3.8) is 0 Å². The summed E-state index contributed by atoms with van der Waals surface area (Å²) >= 11 is 0. The van der Waals surface area contributed by atoms with Crippen LogP contribution in [-0.4, -0.2) is 0 Å². The van der Waals surface area contributed by atoms with Gasteiger partial charge in [0.05, 0.1) is 6.07 Å². The van der Waals surface area contributed by atoms with Crippen LogP contribution >= 0.6 is 0 Å². The molecule has 0 aromatic rings. The Kier molecular flexibility index (Phi) is 4.60. The first-order valence-electron chi connectivity index (χ1n) is 5.43. The summed E-state index contributed by atoms with van der Waals surface area (Å²) in [4.78, 5) is 0. The van der Waals surface area contributed by atoms with Gasteiger partial charge in [0.2, 0.25) is 0 Å². The van der Waals surface area contributed by atoms with Gasteiger partial charge in [-0.1, -0.05) is 25.8 Å². The van der Waals surface area contributed by atoms with E-state index in [1.807, 2.05) is 0 Å². The summed E-state index contributed by atoms with van der Waals surface area (Å²) in [7, 11) is 0. The summed E-state index contributed by atoms with van der Waals surface area (Å²) in [5.41, 5.74) is 0. The molecule has 0 heterocycles. The fourth-order valence-corrected chi connectivity index (χ4v) is 2.26. The molecule has 0 bridgehead atoms. The largest absolute Gasteiger partial charge is 0.193 e. The molecule has 1 saturated carbocycles. The first kappa shape index (κ1) is 10.3. The van der Waals surface area contributed by atoms with Gasteiger partial charge in [-0.05, 0) is 37.5 Å². The first-order valence-corrected chi connectivity index (χ1v) is 5.43. The molecule has 1 nitrogen and oxygen atoms in total. The smallest absolute Gasteiger partial charge is 0.0908 e. The second kappa shape index (κ2) is 5.80. The van der Waals surface area contributed by atoms with Crippen LogP contribution in [0, 0.1) is 23.2 Å². The molecule has 0 atom stereocenters. The average molecular weight is 177 g/mol. The number of hydrogen-bond donors (Lipinski definition) is 0. The van der Waals surface area contributed by atoms with Crippen LogP contribution in [0.25, 0.3) is 0 Å². The molecule has 0 radical (unpaired) electrons. The van der Waals surface area contributed by atoms with E-state index in [0.29, 0.717) is 5.92 Å². The Hall–Kier alpha value is -0.770. The molecule has 0 aliphatic heterocycles. The molecule has 0 aromatic carbocycles. The minimum atomic E-state index is 0.688. The minimum Gasteiger partial charge on any atom is -0.193 e. The third-order valence-electron chi connectivity index (χ3n) is 3.03. The van der Waals surface area contributed by atoms with E-state index in [9.17, 15) is 0 Å². The fourth-order valence-electron chi connectivity index (χ4n) is 2.26. The van der Waals surface area contributed by atoms with Gasteiger partial charge in [0, 0.05) is 6.08 Å². The number of allylic oxidation sites excluding steroid dienone is 2.